The van der Waals surface area contributed by atoms with Crippen LogP contribution in [-0.2, 0) is 6.42 Å². The number of aryl methyl sites for hydroxylation is 1. The minimum absolute atomic E-state index is 0.0411. The summed E-state index contributed by atoms with van der Waals surface area (Å²) in [7, 11) is 2.26. The molecule has 6 rings (SSSR count). The van der Waals surface area contributed by atoms with Crippen LogP contribution in [0.2, 0.25) is 0 Å². The lowest BCUT2D eigenvalue weighted by molar-refractivity contribution is 0.263. The zero-order valence-electron chi connectivity index (χ0n) is 21.0. The molecule has 0 bridgehead atoms. The van der Waals surface area contributed by atoms with Crippen molar-refractivity contribution in [2.75, 3.05) is 16.8 Å². The number of benzene rings is 3. The van der Waals surface area contributed by atoms with Crippen molar-refractivity contribution in [2.24, 2.45) is 5.41 Å². The van der Waals surface area contributed by atoms with Crippen molar-refractivity contribution < 1.29 is 4.42 Å². The Labute approximate surface area is 202 Å². The molecule has 2 aliphatic rings. The molecule has 0 spiro atoms. The molecule has 0 aliphatic carbocycles. The fourth-order valence-corrected chi connectivity index (χ4v) is 6.71. The van der Waals surface area contributed by atoms with Gasteiger partial charge in [0.25, 0.3) is 0 Å². The number of para-hydroxylation sites is 2. The van der Waals surface area contributed by atoms with E-state index in [9.17, 15) is 0 Å². The smallest absolute Gasteiger partial charge is 0.159 e. The lowest BCUT2D eigenvalue weighted by atomic mass is 9.72. The Morgan fingerprint density at radius 2 is 1.65 bits per heavy atom. The first-order valence-electron chi connectivity index (χ1n) is 12.8. The van der Waals surface area contributed by atoms with Crippen LogP contribution >= 0.6 is 0 Å². The third-order valence-corrected chi connectivity index (χ3v) is 8.54. The molecule has 3 nitrogen and oxygen atoms in total. The lowest BCUT2D eigenvalue weighted by Crippen LogP contribution is -2.51. The average Bonchev–Trinajstić information content (AvgIpc) is 3.32. The van der Waals surface area contributed by atoms with Gasteiger partial charge < -0.3 is 14.2 Å². The molecule has 1 aromatic heterocycles. The molecule has 174 valence electrons. The fraction of sp³-hybridized carbons (Fsp3) is 0.355. The zero-order chi connectivity index (χ0) is 23.6. The Morgan fingerprint density at radius 3 is 2.38 bits per heavy atom. The van der Waals surface area contributed by atoms with E-state index in [1.807, 2.05) is 0 Å². The Morgan fingerprint density at radius 1 is 0.912 bits per heavy atom. The molecule has 0 radical (unpaired) electrons. The van der Waals surface area contributed by atoms with E-state index in [1.54, 1.807) is 0 Å². The number of hydrogen-bond donors (Lipinski definition) is 0. The third-order valence-electron chi connectivity index (χ3n) is 8.54. The highest BCUT2D eigenvalue weighted by molar-refractivity contribution is 6.12. The Balaban J connectivity index is 1.70. The van der Waals surface area contributed by atoms with Crippen LogP contribution in [0.3, 0.4) is 0 Å². The van der Waals surface area contributed by atoms with Gasteiger partial charge in [0.1, 0.15) is 11.7 Å². The van der Waals surface area contributed by atoms with Crippen LogP contribution in [0.1, 0.15) is 58.1 Å². The van der Waals surface area contributed by atoms with Gasteiger partial charge in [-0.1, -0.05) is 69.2 Å². The summed E-state index contributed by atoms with van der Waals surface area (Å²) in [6.45, 7) is 9.25. The molecule has 3 heteroatoms. The number of nitrogens with zero attached hydrogens (tertiary/aromatic N) is 2. The van der Waals surface area contributed by atoms with Crippen molar-refractivity contribution in [2.45, 2.75) is 59.5 Å². The molecule has 0 saturated heterocycles. The van der Waals surface area contributed by atoms with E-state index in [2.05, 4.69) is 105 Å². The van der Waals surface area contributed by atoms with Crippen LogP contribution in [0, 0.1) is 5.41 Å². The first-order chi connectivity index (χ1) is 16.5. The summed E-state index contributed by atoms with van der Waals surface area (Å²) in [5, 5.41) is 2.41. The lowest BCUT2D eigenvalue weighted by Gasteiger charge is -2.45. The maximum Gasteiger partial charge on any atom is 0.159 e. The molecule has 4 aromatic rings. The highest BCUT2D eigenvalue weighted by atomic mass is 16.3. The molecule has 0 amide bonds. The maximum absolute atomic E-state index is 6.73. The highest BCUT2D eigenvalue weighted by Gasteiger charge is 2.50. The first-order valence-corrected chi connectivity index (χ1v) is 12.8. The summed E-state index contributed by atoms with van der Waals surface area (Å²) in [6, 6.07) is 20.2. The fourth-order valence-electron chi connectivity index (χ4n) is 6.71. The van der Waals surface area contributed by atoms with Crippen LogP contribution in [0.25, 0.3) is 28.0 Å². The van der Waals surface area contributed by atoms with Crippen molar-refractivity contribution in [3.05, 3.63) is 71.3 Å². The molecule has 34 heavy (non-hydrogen) atoms. The van der Waals surface area contributed by atoms with Gasteiger partial charge in [-0.25, -0.2) is 0 Å². The molecule has 2 aliphatic heterocycles. The standard InChI is InChI=1S/C31H34N2O/c1-6-11-21-14-16-23-24-17-15-22-18-20(4)31(7-2,8-3)30-32(5)25-12-9-10-13-26(25)33(30)28(22)29(24)34-27(23)19-21/h9-10,12-19,30H,6-8,11H2,1-5H3. The molecule has 1 atom stereocenters. The average molecular weight is 451 g/mol. The Hall–Kier alpha value is -3.20. The maximum atomic E-state index is 6.73. The summed E-state index contributed by atoms with van der Waals surface area (Å²) in [6.07, 6.45) is 7.01. The van der Waals surface area contributed by atoms with Gasteiger partial charge in [0, 0.05) is 28.8 Å². The summed E-state index contributed by atoms with van der Waals surface area (Å²) < 4.78 is 6.73. The topological polar surface area (TPSA) is 19.6 Å². The molecule has 0 fully saturated rings. The van der Waals surface area contributed by atoms with E-state index in [0.717, 1.165) is 36.8 Å². The normalized spacial score (nSPS) is 18.6. The Bertz CT molecular complexity index is 1440. The Kier molecular flexibility index (Phi) is 4.81. The van der Waals surface area contributed by atoms with Gasteiger partial charge in [0.15, 0.2) is 5.58 Å². The van der Waals surface area contributed by atoms with Gasteiger partial charge in [0.05, 0.1) is 17.1 Å². The van der Waals surface area contributed by atoms with E-state index in [4.69, 9.17) is 4.42 Å². The molecular formula is C31H34N2O. The second-order valence-electron chi connectivity index (χ2n) is 10.1. The van der Waals surface area contributed by atoms with Gasteiger partial charge in [0.2, 0.25) is 0 Å². The number of rotatable bonds is 4. The number of furan rings is 1. The minimum atomic E-state index is 0.0411. The third kappa shape index (κ3) is 2.70. The van der Waals surface area contributed by atoms with Gasteiger partial charge in [-0.15, -0.1) is 0 Å². The summed E-state index contributed by atoms with van der Waals surface area (Å²) >= 11 is 0. The van der Waals surface area contributed by atoms with Gasteiger partial charge >= 0.3 is 0 Å². The first kappa shape index (κ1) is 21.3. The van der Waals surface area contributed by atoms with Gasteiger partial charge in [-0.05, 0) is 56.0 Å². The second kappa shape index (κ2) is 7.66. The van der Waals surface area contributed by atoms with Crippen LogP contribution in [0.5, 0.6) is 0 Å². The summed E-state index contributed by atoms with van der Waals surface area (Å²) in [5.41, 5.74) is 9.84. The van der Waals surface area contributed by atoms with Crippen molar-refractivity contribution in [1.82, 2.24) is 0 Å². The molecule has 0 N–H and O–H groups in total. The molecular weight excluding hydrogens is 416 g/mol. The van der Waals surface area contributed by atoms with Crippen LogP contribution in [0.4, 0.5) is 17.1 Å². The summed E-state index contributed by atoms with van der Waals surface area (Å²) in [5.74, 6) is 0. The second-order valence-corrected chi connectivity index (χ2v) is 10.1. The molecule has 3 aromatic carbocycles. The number of anilines is 3. The highest BCUT2D eigenvalue weighted by Crippen LogP contribution is 2.57. The van der Waals surface area contributed by atoms with E-state index >= 15 is 0 Å². The van der Waals surface area contributed by atoms with Crippen LogP contribution in [0.15, 0.2) is 64.6 Å². The van der Waals surface area contributed by atoms with Crippen LogP contribution < -0.4 is 9.80 Å². The summed E-state index contributed by atoms with van der Waals surface area (Å²) in [4.78, 5) is 5.08. The quantitative estimate of drug-likeness (QED) is 0.310. The monoisotopic (exact) mass is 450 g/mol. The van der Waals surface area contributed by atoms with E-state index in [-0.39, 0.29) is 11.6 Å². The van der Waals surface area contributed by atoms with Gasteiger partial charge in [-0.2, -0.15) is 0 Å². The SMILES string of the molecule is CCCc1ccc2c(c1)oc1c3c(ccc12)C=C(C)C(CC)(CC)C1N(C)c2ccccc2N31. The number of fused-ring (bicyclic) bond motifs is 9. The van der Waals surface area contributed by atoms with Crippen molar-refractivity contribution in [3.8, 4) is 0 Å². The predicted octanol–water partition coefficient (Wildman–Crippen LogP) is 8.68. The van der Waals surface area contributed by atoms with Gasteiger partial charge in [-0.3, -0.25) is 0 Å². The van der Waals surface area contributed by atoms with Crippen molar-refractivity contribution >= 4 is 45.1 Å². The van der Waals surface area contributed by atoms with Crippen molar-refractivity contribution in [1.29, 1.82) is 0 Å². The van der Waals surface area contributed by atoms with Crippen LogP contribution in [-0.4, -0.2) is 13.2 Å². The van der Waals surface area contributed by atoms with E-state index in [0.29, 0.717) is 0 Å². The van der Waals surface area contributed by atoms with E-state index < -0.39 is 0 Å². The molecule has 0 saturated carbocycles. The number of hydrogen-bond acceptors (Lipinski definition) is 3. The minimum Gasteiger partial charge on any atom is -0.454 e. The zero-order valence-corrected chi connectivity index (χ0v) is 21.0. The van der Waals surface area contributed by atoms with Crippen molar-refractivity contribution in [3.63, 3.8) is 0 Å². The molecule has 3 heterocycles. The predicted molar refractivity (Wildman–Crippen MR) is 145 cm³/mol. The largest absolute Gasteiger partial charge is 0.454 e. The van der Waals surface area contributed by atoms with E-state index in [1.165, 1.54) is 44.5 Å². The molecule has 1 unspecified atom stereocenters.